The second-order valence-electron chi connectivity index (χ2n) is 7.90. The van der Waals surface area contributed by atoms with Gasteiger partial charge in [-0.25, -0.2) is 9.78 Å². The van der Waals surface area contributed by atoms with Gasteiger partial charge in [0.05, 0.1) is 6.54 Å². The number of carbonyl (C=O) groups excluding carboxylic acids is 1. The summed E-state index contributed by atoms with van der Waals surface area (Å²) in [6, 6.07) is 8.06. The third-order valence-electron chi connectivity index (χ3n) is 5.78. The summed E-state index contributed by atoms with van der Waals surface area (Å²) in [6.45, 7) is 2.95. The minimum atomic E-state index is -1.00. The quantitative estimate of drug-likeness (QED) is 0.512. The van der Waals surface area contributed by atoms with E-state index in [4.69, 9.17) is 11.6 Å². The fourth-order valence-corrected chi connectivity index (χ4v) is 4.41. The lowest BCUT2D eigenvalue weighted by Crippen LogP contribution is -2.37. The maximum Gasteiger partial charge on any atom is 0.407 e. The van der Waals surface area contributed by atoms with Crippen LogP contribution in [0.5, 0.6) is 0 Å². The van der Waals surface area contributed by atoms with E-state index in [2.05, 4.69) is 28.3 Å². The van der Waals surface area contributed by atoms with Crippen molar-refractivity contribution >= 4 is 34.5 Å². The molecule has 1 aliphatic heterocycles. The van der Waals surface area contributed by atoms with Gasteiger partial charge in [0, 0.05) is 36.2 Å². The lowest BCUT2D eigenvalue weighted by atomic mass is 10.0. The number of nitrogens with zero attached hydrogens (tertiary/aromatic N) is 3. The van der Waals surface area contributed by atoms with Gasteiger partial charge in [-0.2, -0.15) is 0 Å². The average Bonchev–Trinajstić information content (AvgIpc) is 3.32. The summed E-state index contributed by atoms with van der Waals surface area (Å²) in [7, 11) is 0. The molecule has 0 fully saturated rings. The molecule has 0 saturated heterocycles. The number of imidazole rings is 1. The molecule has 0 bridgehead atoms. The van der Waals surface area contributed by atoms with Crippen LogP contribution in [0.15, 0.2) is 30.5 Å². The van der Waals surface area contributed by atoms with Crippen LogP contribution in [-0.4, -0.2) is 49.1 Å². The molecule has 0 aliphatic carbocycles. The largest absolute Gasteiger partial charge is 0.465 e. The first-order valence-corrected chi connectivity index (χ1v) is 10.9. The molecule has 3 aromatic rings. The van der Waals surface area contributed by atoms with Crippen molar-refractivity contribution < 1.29 is 14.7 Å². The van der Waals surface area contributed by atoms with Gasteiger partial charge in [-0.15, -0.1) is 0 Å². The minimum absolute atomic E-state index is 0.0584. The van der Waals surface area contributed by atoms with Crippen LogP contribution in [0.2, 0.25) is 5.15 Å². The Morgan fingerprint density at radius 1 is 1.32 bits per heavy atom. The molecule has 2 amide bonds. The highest BCUT2D eigenvalue weighted by molar-refractivity contribution is 6.32. The average molecular weight is 444 g/mol. The van der Waals surface area contributed by atoms with E-state index >= 15 is 0 Å². The van der Waals surface area contributed by atoms with Gasteiger partial charge in [0.25, 0.3) is 5.91 Å². The van der Waals surface area contributed by atoms with Crippen molar-refractivity contribution in [2.45, 2.75) is 51.7 Å². The van der Waals surface area contributed by atoms with Gasteiger partial charge in [-0.3, -0.25) is 9.69 Å². The number of para-hydroxylation sites is 1. The molecule has 3 N–H and O–H groups in total. The summed E-state index contributed by atoms with van der Waals surface area (Å²) in [4.78, 5) is 33.2. The highest BCUT2D eigenvalue weighted by Crippen LogP contribution is 2.24. The van der Waals surface area contributed by atoms with Crippen LogP contribution >= 0.6 is 11.6 Å². The number of aromatic nitrogens is 3. The molecule has 4 rings (SSSR count). The number of halogens is 1. The summed E-state index contributed by atoms with van der Waals surface area (Å²) >= 11 is 6.44. The molecule has 9 heteroatoms. The zero-order valence-electron chi connectivity index (χ0n) is 17.4. The smallest absolute Gasteiger partial charge is 0.407 e. The highest BCUT2D eigenvalue weighted by Gasteiger charge is 2.28. The first kappa shape index (κ1) is 21.2. The van der Waals surface area contributed by atoms with Crippen molar-refractivity contribution in [2.75, 3.05) is 6.54 Å². The summed E-state index contributed by atoms with van der Waals surface area (Å²) in [6.07, 6.45) is 4.57. The number of hydrogen-bond acceptors (Lipinski definition) is 3. The molecule has 0 spiro atoms. The van der Waals surface area contributed by atoms with Gasteiger partial charge in [-0.05, 0) is 24.5 Å². The molecule has 31 heavy (non-hydrogen) atoms. The van der Waals surface area contributed by atoms with Gasteiger partial charge in [0.2, 0.25) is 0 Å². The summed E-state index contributed by atoms with van der Waals surface area (Å²) in [5, 5.41) is 13.8. The van der Waals surface area contributed by atoms with E-state index in [-0.39, 0.29) is 29.3 Å². The first-order chi connectivity index (χ1) is 15.0. The number of H-pyrrole nitrogens is 1. The Morgan fingerprint density at radius 3 is 2.90 bits per heavy atom. The number of carbonyl (C=O) groups is 2. The third kappa shape index (κ3) is 4.39. The molecule has 8 nitrogen and oxygen atoms in total. The van der Waals surface area contributed by atoms with Crippen molar-refractivity contribution in [1.82, 2.24) is 24.8 Å². The lowest BCUT2D eigenvalue weighted by Gasteiger charge is -2.25. The molecule has 1 aromatic carbocycles. The van der Waals surface area contributed by atoms with E-state index in [1.807, 2.05) is 24.4 Å². The van der Waals surface area contributed by atoms with Crippen LogP contribution < -0.4 is 5.32 Å². The second-order valence-corrected chi connectivity index (χ2v) is 8.26. The highest BCUT2D eigenvalue weighted by atomic mass is 35.5. The number of nitrogens with one attached hydrogen (secondary N) is 2. The number of carboxylic acid groups (broad SMARTS) is 1. The van der Waals surface area contributed by atoms with Crippen molar-refractivity contribution in [1.29, 1.82) is 0 Å². The number of amides is 2. The minimum Gasteiger partial charge on any atom is -0.465 e. The Bertz CT molecular complexity index is 1110. The van der Waals surface area contributed by atoms with Gasteiger partial charge < -0.3 is 20.0 Å². The maximum atomic E-state index is 13.1. The third-order valence-corrected chi connectivity index (χ3v) is 6.16. The number of benzene rings is 1. The van der Waals surface area contributed by atoms with Crippen molar-refractivity contribution in [3.63, 3.8) is 0 Å². The molecule has 1 aliphatic rings. The molecule has 0 saturated carbocycles. The Hall–Kier alpha value is -3.00. The molecular weight excluding hydrogens is 418 g/mol. The zero-order chi connectivity index (χ0) is 22.0. The maximum absolute atomic E-state index is 13.1. The van der Waals surface area contributed by atoms with E-state index in [1.165, 1.54) is 4.90 Å². The van der Waals surface area contributed by atoms with Crippen molar-refractivity contribution in [2.24, 2.45) is 0 Å². The van der Waals surface area contributed by atoms with E-state index in [9.17, 15) is 14.7 Å². The SMILES string of the molecule is CCCCC(Cc1c[nH]c2ccccc12)NC(=O)c1nc2n(c1Cl)CCN(C(=O)O)C2. The molecule has 2 aromatic heterocycles. The molecule has 1 atom stereocenters. The standard InChI is InChI=1S/C22H26ClN5O3/c1-2-3-6-15(11-14-12-24-17-8-5-4-7-16(14)17)25-21(29)19-20(23)28-10-9-27(22(30)31)13-18(28)26-19/h4-5,7-8,12,15,24H,2-3,6,9-11,13H2,1H3,(H,25,29)(H,30,31). The topological polar surface area (TPSA) is 103 Å². The van der Waals surface area contributed by atoms with Crippen LogP contribution in [-0.2, 0) is 19.5 Å². The first-order valence-electron chi connectivity index (χ1n) is 10.6. The van der Waals surface area contributed by atoms with E-state index in [1.54, 1.807) is 4.57 Å². The van der Waals surface area contributed by atoms with E-state index in [0.717, 1.165) is 35.7 Å². The van der Waals surface area contributed by atoms with E-state index in [0.29, 0.717) is 25.3 Å². The van der Waals surface area contributed by atoms with Gasteiger partial charge in [0.15, 0.2) is 5.69 Å². The Balaban J connectivity index is 1.52. The number of rotatable bonds is 7. The second kappa shape index (κ2) is 9.01. The number of hydrogen-bond donors (Lipinski definition) is 3. The van der Waals surface area contributed by atoms with Gasteiger partial charge in [-0.1, -0.05) is 49.6 Å². The van der Waals surface area contributed by atoms with Gasteiger partial charge in [0.1, 0.15) is 11.0 Å². The Morgan fingerprint density at radius 2 is 2.13 bits per heavy atom. The van der Waals surface area contributed by atoms with Crippen molar-refractivity contribution in [3.8, 4) is 0 Å². The summed E-state index contributed by atoms with van der Waals surface area (Å²) in [5.41, 5.74) is 2.39. The van der Waals surface area contributed by atoms with Crippen LogP contribution in [0.1, 0.15) is 48.1 Å². The zero-order valence-corrected chi connectivity index (χ0v) is 18.2. The monoisotopic (exact) mass is 443 g/mol. The molecule has 0 radical (unpaired) electrons. The fraction of sp³-hybridized carbons (Fsp3) is 0.409. The summed E-state index contributed by atoms with van der Waals surface area (Å²) in [5.74, 6) is 0.167. The Kier molecular flexibility index (Phi) is 6.18. The molecule has 164 valence electrons. The molecule has 1 unspecified atom stereocenters. The predicted octanol–water partition coefficient (Wildman–Crippen LogP) is 4.04. The normalized spacial score (nSPS) is 14.5. The van der Waals surface area contributed by atoms with Crippen LogP contribution in [0.4, 0.5) is 4.79 Å². The molecule has 3 heterocycles. The molecular formula is C22H26ClN5O3. The number of fused-ring (bicyclic) bond motifs is 2. The number of aromatic amines is 1. The Labute approximate surface area is 185 Å². The lowest BCUT2D eigenvalue weighted by molar-refractivity contribution is 0.0929. The van der Waals surface area contributed by atoms with Gasteiger partial charge >= 0.3 is 6.09 Å². The van der Waals surface area contributed by atoms with Crippen LogP contribution in [0, 0.1) is 0 Å². The van der Waals surface area contributed by atoms with Crippen LogP contribution in [0.25, 0.3) is 10.9 Å². The van der Waals surface area contributed by atoms with Crippen molar-refractivity contribution in [3.05, 3.63) is 52.7 Å². The fourth-order valence-electron chi connectivity index (χ4n) is 4.10. The number of unbranched alkanes of at least 4 members (excludes halogenated alkanes) is 1. The van der Waals surface area contributed by atoms with E-state index < -0.39 is 6.09 Å². The van der Waals surface area contributed by atoms with Crippen LogP contribution in [0.3, 0.4) is 0 Å². The summed E-state index contributed by atoms with van der Waals surface area (Å²) < 4.78 is 1.72. The predicted molar refractivity (Wildman–Crippen MR) is 118 cm³/mol.